The highest BCUT2D eigenvalue weighted by molar-refractivity contribution is 7.89. The summed E-state index contributed by atoms with van der Waals surface area (Å²) in [5.74, 6) is 0. The summed E-state index contributed by atoms with van der Waals surface area (Å²) in [6.45, 7) is 2.01. The summed E-state index contributed by atoms with van der Waals surface area (Å²) in [7, 11) is -1.87. The van der Waals surface area contributed by atoms with E-state index >= 15 is 0 Å². The molecule has 0 saturated heterocycles. The van der Waals surface area contributed by atoms with Crippen LogP contribution in [-0.4, -0.2) is 19.8 Å². The number of aryl methyl sites for hydroxylation is 1. The third-order valence-electron chi connectivity index (χ3n) is 3.54. The van der Waals surface area contributed by atoms with Crippen LogP contribution in [0.1, 0.15) is 16.7 Å². The van der Waals surface area contributed by atoms with Crippen LogP contribution >= 0.6 is 0 Å². The first-order valence-corrected chi connectivity index (χ1v) is 7.81. The molecule has 0 atom stereocenters. The maximum absolute atomic E-state index is 12.5. The zero-order valence-corrected chi connectivity index (χ0v) is 12.2. The van der Waals surface area contributed by atoms with Crippen molar-refractivity contribution < 1.29 is 8.42 Å². The minimum absolute atomic E-state index is 0.360. The van der Waals surface area contributed by atoms with Gasteiger partial charge in [-0.25, -0.2) is 8.42 Å². The van der Waals surface area contributed by atoms with Crippen molar-refractivity contribution in [1.82, 2.24) is 4.31 Å². The van der Waals surface area contributed by atoms with Crippen LogP contribution in [0.3, 0.4) is 0 Å². The molecule has 102 valence electrons. The molecule has 20 heavy (non-hydrogen) atoms. The maximum Gasteiger partial charge on any atom is 0.264 e. The van der Waals surface area contributed by atoms with Crippen LogP contribution in [0, 0.1) is 6.92 Å². The van der Waals surface area contributed by atoms with Crippen molar-refractivity contribution >= 4 is 21.8 Å². The SMILES string of the molecule is Cc1ccc(C2=Cc3ccccc3S(=O)(=O)N2C)cc1. The van der Waals surface area contributed by atoms with Gasteiger partial charge in [0.05, 0.1) is 10.6 Å². The Labute approximate surface area is 119 Å². The molecule has 1 heterocycles. The van der Waals surface area contributed by atoms with E-state index in [0.717, 1.165) is 16.7 Å². The van der Waals surface area contributed by atoms with Gasteiger partial charge in [-0.15, -0.1) is 0 Å². The standard InChI is InChI=1S/C16H15NO2S/c1-12-7-9-13(10-8-12)15-11-14-5-3-4-6-16(14)20(18,19)17(15)2/h3-11H,1-2H3. The summed E-state index contributed by atoms with van der Waals surface area (Å²) in [6.07, 6.45) is 1.92. The fourth-order valence-electron chi connectivity index (χ4n) is 2.34. The number of sulfonamides is 1. The lowest BCUT2D eigenvalue weighted by atomic mass is 10.1. The molecule has 1 aliphatic rings. The lowest BCUT2D eigenvalue weighted by molar-refractivity contribution is 0.544. The predicted octanol–water partition coefficient (Wildman–Crippen LogP) is 3.13. The van der Waals surface area contributed by atoms with Gasteiger partial charge in [0.1, 0.15) is 0 Å². The van der Waals surface area contributed by atoms with Crippen LogP contribution < -0.4 is 0 Å². The highest BCUT2D eigenvalue weighted by Gasteiger charge is 2.29. The molecule has 0 N–H and O–H groups in total. The first-order chi connectivity index (χ1) is 9.50. The number of fused-ring (bicyclic) bond motifs is 1. The molecule has 0 spiro atoms. The van der Waals surface area contributed by atoms with Gasteiger partial charge < -0.3 is 0 Å². The topological polar surface area (TPSA) is 37.4 Å². The molecular weight excluding hydrogens is 270 g/mol. The smallest absolute Gasteiger partial charge is 0.264 e. The van der Waals surface area contributed by atoms with Crippen molar-refractivity contribution in [2.24, 2.45) is 0 Å². The lowest BCUT2D eigenvalue weighted by Crippen LogP contribution is -2.28. The third kappa shape index (κ3) is 1.93. The summed E-state index contributed by atoms with van der Waals surface area (Å²) < 4.78 is 26.4. The molecule has 4 heteroatoms. The van der Waals surface area contributed by atoms with E-state index in [1.807, 2.05) is 49.4 Å². The molecule has 3 nitrogen and oxygen atoms in total. The van der Waals surface area contributed by atoms with E-state index in [0.29, 0.717) is 10.6 Å². The number of rotatable bonds is 1. The van der Waals surface area contributed by atoms with Crippen molar-refractivity contribution in [3.63, 3.8) is 0 Å². The van der Waals surface area contributed by atoms with E-state index in [9.17, 15) is 8.42 Å². The quantitative estimate of drug-likeness (QED) is 0.807. The van der Waals surface area contributed by atoms with Crippen molar-refractivity contribution in [1.29, 1.82) is 0 Å². The van der Waals surface area contributed by atoms with Crippen LogP contribution in [-0.2, 0) is 10.0 Å². The molecule has 3 rings (SSSR count). The average molecular weight is 285 g/mol. The van der Waals surface area contributed by atoms with Crippen LogP contribution in [0.15, 0.2) is 53.4 Å². The largest absolute Gasteiger partial charge is 0.269 e. The van der Waals surface area contributed by atoms with Gasteiger partial charge in [0, 0.05) is 7.05 Å². The Morgan fingerprint density at radius 2 is 1.60 bits per heavy atom. The predicted molar refractivity (Wildman–Crippen MR) is 80.4 cm³/mol. The Hall–Kier alpha value is -2.07. The third-order valence-corrected chi connectivity index (χ3v) is 5.38. The molecule has 0 aromatic heterocycles. The van der Waals surface area contributed by atoms with E-state index in [2.05, 4.69) is 0 Å². The highest BCUT2D eigenvalue weighted by Crippen LogP contribution is 2.34. The minimum atomic E-state index is -3.46. The normalized spacial score (nSPS) is 16.5. The number of benzene rings is 2. The van der Waals surface area contributed by atoms with E-state index in [1.54, 1.807) is 19.2 Å². The van der Waals surface area contributed by atoms with E-state index in [4.69, 9.17) is 0 Å². The van der Waals surface area contributed by atoms with E-state index < -0.39 is 10.0 Å². The van der Waals surface area contributed by atoms with E-state index in [1.165, 1.54) is 4.31 Å². The molecule has 0 unspecified atom stereocenters. The van der Waals surface area contributed by atoms with Crippen LogP contribution in [0.4, 0.5) is 0 Å². The minimum Gasteiger partial charge on any atom is -0.269 e. The second kappa shape index (κ2) is 4.49. The zero-order chi connectivity index (χ0) is 14.3. The summed E-state index contributed by atoms with van der Waals surface area (Å²) in [5.41, 5.74) is 3.48. The molecule has 0 aliphatic carbocycles. The molecule has 2 aromatic rings. The maximum atomic E-state index is 12.5. The molecule has 0 saturated carbocycles. The van der Waals surface area contributed by atoms with Gasteiger partial charge in [0.15, 0.2) is 0 Å². The molecule has 2 aromatic carbocycles. The second-order valence-electron chi connectivity index (χ2n) is 4.91. The number of nitrogens with zero attached hydrogens (tertiary/aromatic N) is 1. The first kappa shape index (κ1) is 12.9. The second-order valence-corrected chi connectivity index (χ2v) is 6.84. The van der Waals surface area contributed by atoms with E-state index in [-0.39, 0.29) is 0 Å². The van der Waals surface area contributed by atoms with Gasteiger partial charge in [-0.1, -0.05) is 48.0 Å². The molecule has 0 bridgehead atoms. The average Bonchev–Trinajstić information content (AvgIpc) is 2.44. The Balaban J connectivity index is 2.23. The molecule has 0 amide bonds. The van der Waals surface area contributed by atoms with Crippen molar-refractivity contribution in [2.75, 3.05) is 7.05 Å². The Morgan fingerprint density at radius 3 is 2.30 bits per heavy atom. The number of hydrogen-bond donors (Lipinski definition) is 0. The monoisotopic (exact) mass is 285 g/mol. The van der Waals surface area contributed by atoms with Crippen molar-refractivity contribution in [3.8, 4) is 0 Å². The van der Waals surface area contributed by atoms with Gasteiger partial charge in [-0.3, -0.25) is 4.31 Å². The Morgan fingerprint density at radius 1 is 0.950 bits per heavy atom. The summed E-state index contributed by atoms with van der Waals surface area (Å²) >= 11 is 0. The molecule has 1 aliphatic heterocycles. The van der Waals surface area contributed by atoms with Crippen molar-refractivity contribution in [2.45, 2.75) is 11.8 Å². The summed E-state index contributed by atoms with van der Waals surface area (Å²) in [5, 5.41) is 0. The van der Waals surface area contributed by atoms with Crippen LogP contribution in [0.25, 0.3) is 11.8 Å². The van der Waals surface area contributed by atoms with Gasteiger partial charge in [0.2, 0.25) is 0 Å². The molecule has 0 radical (unpaired) electrons. The van der Waals surface area contributed by atoms with Crippen LogP contribution in [0.2, 0.25) is 0 Å². The summed E-state index contributed by atoms with van der Waals surface area (Å²) in [4.78, 5) is 0.360. The fraction of sp³-hybridized carbons (Fsp3) is 0.125. The molecule has 0 fully saturated rings. The number of hydrogen-bond acceptors (Lipinski definition) is 2. The van der Waals surface area contributed by atoms with Gasteiger partial charge in [-0.2, -0.15) is 0 Å². The van der Waals surface area contributed by atoms with Gasteiger partial charge in [-0.05, 0) is 30.2 Å². The Bertz CT molecular complexity index is 789. The van der Waals surface area contributed by atoms with Crippen molar-refractivity contribution in [3.05, 3.63) is 65.2 Å². The molecular formula is C16H15NO2S. The Kier molecular flexibility index (Phi) is 2.91. The lowest BCUT2D eigenvalue weighted by Gasteiger charge is -2.28. The fourth-order valence-corrected chi connectivity index (χ4v) is 3.73. The van der Waals surface area contributed by atoms with Gasteiger partial charge >= 0.3 is 0 Å². The summed E-state index contributed by atoms with van der Waals surface area (Å²) in [6, 6.07) is 14.9. The van der Waals surface area contributed by atoms with Gasteiger partial charge in [0.25, 0.3) is 10.0 Å². The zero-order valence-electron chi connectivity index (χ0n) is 11.4. The van der Waals surface area contributed by atoms with Crippen LogP contribution in [0.5, 0.6) is 0 Å². The first-order valence-electron chi connectivity index (χ1n) is 6.37. The highest BCUT2D eigenvalue weighted by atomic mass is 32.2.